The summed E-state index contributed by atoms with van der Waals surface area (Å²) in [5, 5.41) is 17.2. The summed E-state index contributed by atoms with van der Waals surface area (Å²) in [7, 11) is 0. The monoisotopic (exact) mass is 304 g/mol. The maximum Gasteiger partial charge on any atom is 0.226 e. The van der Waals surface area contributed by atoms with Crippen molar-refractivity contribution in [2.75, 3.05) is 18.0 Å². The third kappa shape index (κ3) is 3.38. The number of hydrogen-bond donors (Lipinski definition) is 2. The van der Waals surface area contributed by atoms with E-state index in [2.05, 4.69) is 25.7 Å². The molecular weight excluding hydrogens is 287 g/mol. The topological polar surface area (TPSA) is 86.8 Å². The molecule has 2 aromatic heterocycles. The Morgan fingerprint density at radius 1 is 1.45 bits per heavy atom. The van der Waals surface area contributed by atoms with Crippen molar-refractivity contribution in [3.63, 3.8) is 0 Å². The van der Waals surface area contributed by atoms with Gasteiger partial charge in [-0.1, -0.05) is 0 Å². The summed E-state index contributed by atoms with van der Waals surface area (Å²) in [6, 6.07) is 5.20. The van der Waals surface area contributed by atoms with Gasteiger partial charge in [0.2, 0.25) is 5.91 Å². The molecule has 0 bridgehead atoms. The molecule has 1 fully saturated rings. The van der Waals surface area contributed by atoms with Gasteiger partial charge in [-0.2, -0.15) is 10.2 Å². The lowest BCUT2D eigenvalue weighted by Gasteiger charge is -2.24. The van der Waals surface area contributed by atoms with E-state index in [0.717, 1.165) is 5.69 Å². The van der Waals surface area contributed by atoms with Crippen LogP contribution in [0.15, 0.2) is 30.6 Å². The molecule has 0 spiro atoms. The molecule has 1 amide bonds. The second kappa shape index (κ2) is 6.50. The fourth-order valence-corrected chi connectivity index (χ4v) is 2.63. The lowest BCUT2D eigenvalue weighted by atomic mass is 10.2. The number of halogens is 1. The van der Waals surface area contributed by atoms with Crippen LogP contribution in [0.25, 0.3) is 0 Å². The number of carbonyl (C=O) groups excluding carboxylic acids is 1. The van der Waals surface area contributed by atoms with E-state index >= 15 is 0 Å². The molecule has 3 heterocycles. The minimum absolute atomic E-state index is 0.114. The lowest BCUT2D eigenvalue weighted by Crippen LogP contribution is -2.41. The van der Waals surface area contributed by atoms with E-state index in [1.54, 1.807) is 30.6 Å². The number of aromatic amines is 1. The maximum atomic E-state index is 13.7. The summed E-state index contributed by atoms with van der Waals surface area (Å²) in [4.78, 5) is 13.7. The second-order valence-electron chi connectivity index (χ2n) is 5.28. The largest absolute Gasteiger partial charge is 0.354 e. The fourth-order valence-electron chi connectivity index (χ4n) is 2.63. The normalized spacial score (nSPS) is 21.0. The van der Waals surface area contributed by atoms with Crippen molar-refractivity contribution in [2.24, 2.45) is 0 Å². The minimum Gasteiger partial charge on any atom is -0.354 e. The van der Waals surface area contributed by atoms with Gasteiger partial charge in [-0.15, -0.1) is 5.10 Å². The van der Waals surface area contributed by atoms with Crippen LogP contribution in [0, 0.1) is 0 Å². The van der Waals surface area contributed by atoms with E-state index in [1.807, 2.05) is 4.90 Å². The molecule has 116 valence electrons. The first kappa shape index (κ1) is 14.4. The van der Waals surface area contributed by atoms with Gasteiger partial charge in [0, 0.05) is 31.1 Å². The molecule has 8 heteroatoms. The van der Waals surface area contributed by atoms with E-state index in [0.29, 0.717) is 18.8 Å². The van der Waals surface area contributed by atoms with Crippen molar-refractivity contribution in [3.05, 3.63) is 36.3 Å². The molecule has 2 aromatic rings. The number of nitrogens with zero attached hydrogens (tertiary/aromatic N) is 4. The van der Waals surface area contributed by atoms with Gasteiger partial charge in [0.25, 0.3) is 0 Å². The number of rotatable bonds is 5. The van der Waals surface area contributed by atoms with Crippen LogP contribution in [-0.4, -0.2) is 51.6 Å². The highest BCUT2D eigenvalue weighted by Crippen LogP contribution is 2.24. The van der Waals surface area contributed by atoms with Crippen molar-refractivity contribution in [3.8, 4) is 0 Å². The van der Waals surface area contributed by atoms with E-state index in [4.69, 9.17) is 0 Å². The third-order valence-electron chi connectivity index (χ3n) is 3.66. The predicted molar refractivity (Wildman–Crippen MR) is 78.0 cm³/mol. The Bertz CT molecular complexity index is 605. The quantitative estimate of drug-likeness (QED) is 0.839. The lowest BCUT2D eigenvalue weighted by molar-refractivity contribution is -0.120. The van der Waals surface area contributed by atoms with Gasteiger partial charge >= 0.3 is 0 Å². The first-order valence-electron chi connectivity index (χ1n) is 7.15. The Morgan fingerprint density at radius 3 is 3.09 bits per heavy atom. The van der Waals surface area contributed by atoms with Gasteiger partial charge in [0.05, 0.1) is 19.0 Å². The number of anilines is 1. The average Bonchev–Trinajstić information content (AvgIpc) is 3.15. The molecule has 2 N–H and O–H groups in total. The predicted octanol–water partition coefficient (Wildman–Crippen LogP) is 0.475. The fraction of sp³-hybridized carbons (Fsp3) is 0.429. The van der Waals surface area contributed by atoms with Gasteiger partial charge < -0.3 is 10.2 Å². The Balaban J connectivity index is 1.57. The number of alkyl halides is 1. The molecule has 1 aliphatic heterocycles. The van der Waals surface area contributed by atoms with Gasteiger partial charge in [0.15, 0.2) is 5.82 Å². The van der Waals surface area contributed by atoms with Crippen molar-refractivity contribution in [1.29, 1.82) is 0 Å². The highest BCUT2D eigenvalue weighted by Gasteiger charge is 2.33. The number of H-pyrrole nitrogens is 1. The van der Waals surface area contributed by atoms with Gasteiger partial charge in [0.1, 0.15) is 6.17 Å². The molecule has 3 rings (SSSR count). The SMILES string of the molecule is O=C(Cc1ccn[nH]1)NC[C@@H]1C[C@H](F)CN1c1cccnn1. The Morgan fingerprint density at radius 2 is 2.36 bits per heavy atom. The Labute approximate surface area is 126 Å². The van der Waals surface area contributed by atoms with Crippen LogP contribution in [0.1, 0.15) is 12.1 Å². The van der Waals surface area contributed by atoms with Crippen molar-refractivity contribution >= 4 is 11.7 Å². The summed E-state index contributed by atoms with van der Waals surface area (Å²) in [5.74, 6) is 0.515. The zero-order valence-corrected chi connectivity index (χ0v) is 11.9. The first-order valence-corrected chi connectivity index (χ1v) is 7.15. The second-order valence-corrected chi connectivity index (χ2v) is 5.28. The molecule has 2 atom stereocenters. The van der Waals surface area contributed by atoms with Crippen LogP contribution in [0.2, 0.25) is 0 Å². The standard InChI is InChI=1S/C14H17FN6O/c15-10-6-12(21(9-10)13-2-1-4-17-20-13)8-16-14(22)7-11-3-5-18-19-11/h1-5,10,12H,6-9H2,(H,16,22)(H,18,19)/t10-,12-/m0/s1. The zero-order chi connectivity index (χ0) is 15.4. The van der Waals surface area contributed by atoms with E-state index in [9.17, 15) is 9.18 Å². The summed E-state index contributed by atoms with van der Waals surface area (Å²) >= 11 is 0. The first-order chi connectivity index (χ1) is 10.7. The summed E-state index contributed by atoms with van der Waals surface area (Å²) in [5.41, 5.74) is 0.748. The van der Waals surface area contributed by atoms with Crippen LogP contribution in [0.4, 0.5) is 10.2 Å². The van der Waals surface area contributed by atoms with Crippen LogP contribution in [-0.2, 0) is 11.2 Å². The molecule has 7 nitrogen and oxygen atoms in total. The average molecular weight is 304 g/mol. The van der Waals surface area contributed by atoms with E-state index < -0.39 is 6.17 Å². The van der Waals surface area contributed by atoms with Gasteiger partial charge in [-0.05, 0) is 18.2 Å². The smallest absolute Gasteiger partial charge is 0.226 e. The molecular formula is C14H17FN6O. The van der Waals surface area contributed by atoms with Crippen molar-refractivity contribution < 1.29 is 9.18 Å². The maximum absolute atomic E-state index is 13.7. The molecule has 1 saturated heterocycles. The molecule has 0 radical (unpaired) electrons. The molecule has 22 heavy (non-hydrogen) atoms. The number of carbonyl (C=O) groups is 1. The highest BCUT2D eigenvalue weighted by atomic mass is 19.1. The minimum atomic E-state index is -0.920. The molecule has 0 aromatic carbocycles. The number of amides is 1. The number of aromatic nitrogens is 4. The number of hydrogen-bond acceptors (Lipinski definition) is 5. The summed E-state index contributed by atoms with van der Waals surface area (Å²) < 4.78 is 13.7. The Kier molecular flexibility index (Phi) is 4.27. The zero-order valence-electron chi connectivity index (χ0n) is 11.9. The van der Waals surface area contributed by atoms with Gasteiger partial charge in [-0.25, -0.2) is 4.39 Å². The van der Waals surface area contributed by atoms with Crippen LogP contribution in [0.3, 0.4) is 0 Å². The Hall–Kier alpha value is -2.51. The van der Waals surface area contributed by atoms with E-state index in [1.165, 1.54) is 0 Å². The van der Waals surface area contributed by atoms with Gasteiger partial charge in [-0.3, -0.25) is 9.89 Å². The van der Waals surface area contributed by atoms with Crippen LogP contribution in [0.5, 0.6) is 0 Å². The van der Waals surface area contributed by atoms with Crippen molar-refractivity contribution in [1.82, 2.24) is 25.7 Å². The third-order valence-corrected chi connectivity index (χ3v) is 3.66. The van der Waals surface area contributed by atoms with Crippen molar-refractivity contribution in [2.45, 2.75) is 25.1 Å². The molecule has 0 aliphatic carbocycles. The van der Waals surface area contributed by atoms with Crippen LogP contribution < -0.4 is 10.2 Å². The number of nitrogens with one attached hydrogen (secondary N) is 2. The molecule has 0 unspecified atom stereocenters. The highest BCUT2D eigenvalue weighted by molar-refractivity contribution is 5.78. The van der Waals surface area contributed by atoms with E-state index in [-0.39, 0.29) is 24.9 Å². The van der Waals surface area contributed by atoms with Crippen LogP contribution >= 0.6 is 0 Å². The summed E-state index contributed by atoms with van der Waals surface area (Å²) in [6.07, 6.45) is 2.87. The molecule has 1 aliphatic rings. The summed E-state index contributed by atoms with van der Waals surface area (Å²) in [6.45, 7) is 0.656. The molecule has 0 saturated carbocycles.